The van der Waals surface area contributed by atoms with E-state index in [9.17, 15) is 9.59 Å². The van der Waals surface area contributed by atoms with E-state index in [0.29, 0.717) is 30.8 Å². The Morgan fingerprint density at radius 3 is 1.82 bits per heavy atom. The van der Waals surface area contributed by atoms with Gasteiger partial charge in [0.2, 0.25) is 11.8 Å². The third-order valence-corrected chi connectivity index (χ3v) is 5.97. The van der Waals surface area contributed by atoms with Crippen molar-refractivity contribution >= 4 is 28.9 Å². The molecule has 0 bridgehead atoms. The van der Waals surface area contributed by atoms with E-state index in [4.69, 9.17) is 4.74 Å². The van der Waals surface area contributed by atoms with Crippen molar-refractivity contribution < 1.29 is 14.3 Å². The molecule has 0 aliphatic carbocycles. The van der Waals surface area contributed by atoms with Crippen molar-refractivity contribution in [2.75, 3.05) is 29.1 Å². The van der Waals surface area contributed by atoms with Crippen molar-refractivity contribution in [3.63, 3.8) is 0 Å². The summed E-state index contributed by atoms with van der Waals surface area (Å²) in [6.45, 7) is 0.692. The lowest BCUT2D eigenvalue weighted by atomic mass is 10.1. The summed E-state index contributed by atoms with van der Waals surface area (Å²) in [4.78, 5) is 24.8. The largest absolute Gasteiger partial charge is 0.491 e. The SMILES string of the molecule is O=C(CCc1ccccc1)Nc1ccc(NC(=O)CNc2ccccc2OCCCc2ccccc2)cc1. The molecule has 0 saturated carbocycles. The van der Waals surface area contributed by atoms with Gasteiger partial charge in [-0.2, -0.15) is 0 Å². The van der Waals surface area contributed by atoms with Crippen LogP contribution in [-0.2, 0) is 22.4 Å². The number of amides is 2. The summed E-state index contributed by atoms with van der Waals surface area (Å²) in [5.41, 5.74) is 4.54. The van der Waals surface area contributed by atoms with Gasteiger partial charge in [0, 0.05) is 17.8 Å². The van der Waals surface area contributed by atoms with Gasteiger partial charge in [-0.3, -0.25) is 9.59 Å². The van der Waals surface area contributed by atoms with Crippen LogP contribution in [0.15, 0.2) is 109 Å². The summed E-state index contributed by atoms with van der Waals surface area (Å²) in [6, 6.07) is 35.0. The number of para-hydroxylation sites is 2. The van der Waals surface area contributed by atoms with Crippen molar-refractivity contribution in [3.8, 4) is 5.75 Å². The summed E-state index contributed by atoms with van der Waals surface area (Å²) >= 11 is 0. The van der Waals surface area contributed by atoms with Crippen LogP contribution in [0.25, 0.3) is 0 Å². The quantitative estimate of drug-likeness (QED) is 0.185. The highest BCUT2D eigenvalue weighted by Crippen LogP contribution is 2.24. The first-order chi connectivity index (χ1) is 18.7. The van der Waals surface area contributed by atoms with E-state index in [1.165, 1.54) is 5.56 Å². The van der Waals surface area contributed by atoms with Crippen LogP contribution in [0.4, 0.5) is 17.1 Å². The zero-order valence-electron chi connectivity index (χ0n) is 21.4. The molecule has 2 amide bonds. The van der Waals surface area contributed by atoms with E-state index in [0.717, 1.165) is 29.8 Å². The number of hydrogen-bond acceptors (Lipinski definition) is 4. The van der Waals surface area contributed by atoms with Gasteiger partial charge in [-0.1, -0.05) is 72.8 Å². The smallest absolute Gasteiger partial charge is 0.243 e. The van der Waals surface area contributed by atoms with E-state index in [2.05, 4.69) is 28.1 Å². The van der Waals surface area contributed by atoms with Crippen LogP contribution in [0.1, 0.15) is 24.0 Å². The molecule has 0 spiro atoms. The minimum absolute atomic E-state index is 0.0456. The van der Waals surface area contributed by atoms with E-state index in [1.54, 1.807) is 24.3 Å². The number of nitrogens with one attached hydrogen (secondary N) is 3. The molecule has 0 fully saturated rings. The number of rotatable bonds is 13. The van der Waals surface area contributed by atoms with Crippen LogP contribution in [-0.4, -0.2) is 25.0 Å². The lowest BCUT2D eigenvalue weighted by Gasteiger charge is -2.13. The minimum atomic E-state index is -0.177. The fraction of sp³-hybridized carbons (Fsp3) is 0.188. The third kappa shape index (κ3) is 8.82. The molecular weight excluding hydrogens is 474 g/mol. The average molecular weight is 508 g/mol. The molecule has 0 radical (unpaired) electrons. The molecule has 4 aromatic carbocycles. The van der Waals surface area contributed by atoms with Crippen molar-refractivity contribution in [2.24, 2.45) is 0 Å². The molecule has 6 heteroatoms. The van der Waals surface area contributed by atoms with E-state index in [-0.39, 0.29) is 18.4 Å². The highest BCUT2D eigenvalue weighted by molar-refractivity contribution is 5.95. The van der Waals surface area contributed by atoms with E-state index in [1.807, 2.05) is 72.8 Å². The minimum Gasteiger partial charge on any atom is -0.491 e. The molecule has 0 atom stereocenters. The second-order valence-electron chi connectivity index (χ2n) is 8.95. The van der Waals surface area contributed by atoms with Gasteiger partial charge in [0.25, 0.3) is 0 Å². The van der Waals surface area contributed by atoms with Crippen LogP contribution < -0.4 is 20.7 Å². The fourth-order valence-electron chi connectivity index (χ4n) is 3.99. The number of aryl methyl sites for hydroxylation is 2. The molecule has 0 aliphatic heterocycles. The van der Waals surface area contributed by atoms with Gasteiger partial charge in [0.05, 0.1) is 18.8 Å². The average Bonchev–Trinajstić information content (AvgIpc) is 2.96. The predicted molar refractivity (Wildman–Crippen MR) is 154 cm³/mol. The van der Waals surface area contributed by atoms with E-state index < -0.39 is 0 Å². The zero-order valence-corrected chi connectivity index (χ0v) is 21.4. The Kier molecular flexibility index (Phi) is 9.92. The van der Waals surface area contributed by atoms with Gasteiger partial charge in [-0.25, -0.2) is 0 Å². The second kappa shape index (κ2) is 14.2. The Hall–Kier alpha value is -4.58. The molecule has 6 nitrogen and oxygen atoms in total. The topological polar surface area (TPSA) is 79.5 Å². The number of carbonyl (C=O) groups is 2. The number of ether oxygens (including phenoxy) is 1. The first-order valence-corrected chi connectivity index (χ1v) is 12.9. The van der Waals surface area contributed by atoms with Crippen LogP contribution in [0.2, 0.25) is 0 Å². The summed E-state index contributed by atoms with van der Waals surface area (Å²) in [5.74, 6) is 0.500. The summed E-state index contributed by atoms with van der Waals surface area (Å²) < 4.78 is 5.97. The van der Waals surface area contributed by atoms with Gasteiger partial charge in [0.1, 0.15) is 5.75 Å². The number of carbonyl (C=O) groups excluding carboxylic acids is 2. The molecule has 3 N–H and O–H groups in total. The highest BCUT2D eigenvalue weighted by atomic mass is 16.5. The maximum Gasteiger partial charge on any atom is 0.243 e. The highest BCUT2D eigenvalue weighted by Gasteiger charge is 2.08. The normalized spacial score (nSPS) is 10.4. The molecule has 4 rings (SSSR count). The lowest BCUT2D eigenvalue weighted by molar-refractivity contribution is -0.116. The Morgan fingerprint density at radius 2 is 1.16 bits per heavy atom. The molecule has 38 heavy (non-hydrogen) atoms. The number of hydrogen-bond donors (Lipinski definition) is 3. The molecule has 0 saturated heterocycles. The maximum absolute atomic E-state index is 12.5. The van der Waals surface area contributed by atoms with Gasteiger partial charge >= 0.3 is 0 Å². The fourth-order valence-corrected chi connectivity index (χ4v) is 3.99. The maximum atomic E-state index is 12.5. The molecule has 0 aliphatic rings. The molecule has 4 aromatic rings. The Labute approximate surface area is 224 Å². The van der Waals surface area contributed by atoms with Crippen LogP contribution in [0.5, 0.6) is 5.75 Å². The Bertz CT molecular complexity index is 1290. The molecule has 194 valence electrons. The number of benzene rings is 4. The second-order valence-corrected chi connectivity index (χ2v) is 8.95. The van der Waals surface area contributed by atoms with Gasteiger partial charge < -0.3 is 20.7 Å². The van der Waals surface area contributed by atoms with Crippen LogP contribution in [0.3, 0.4) is 0 Å². The predicted octanol–water partition coefficient (Wildman–Crippen LogP) is 6.32. The summed E-state index contributed by atoms with van der Waals surface area (Å²) in [5, 5.41) is 8.94. The van der Waals surface area contributed by atoms with Crippen molar-refractivity contribution in [1.82, 2.24) is 0 Å². The Balaban J connectivity index is 1.18. The lowest BCUT2D eigenvalue weighted by Crippen LogP contribution is -2.22. The standard InChI is InChI=1S/C32H33N3O3/c36-31(22-17-26-12-5-2-6-13-26)34-27-18-20-28(21-19-27)35-32(37)24-33-29-15-7-8-16-30(29)38-23-9-14-25-10-3-1-4-11-25/h1-8,10-13,15-16,18-21,33H,9,14,17,22-24H2,(H,34,36)(H,35,37). The van der Waals surface area contributed by atoms with E-state index >= 15 is 0 Å². The van der Waals surface area contributed by atoms with Crippen LogP contribution >= 0.6 is 0 Å². The first-order valence-electron chi connectivity index (χ1n) is 12.9. The molecule has 0 aromatic heterocycles. The van der Waals surface area contributed by atoms with Crippen molar-refractivity contribution in [1.29, 1.82) is 0 Å². The summed E-state index contributed by atoms with van der Waals surface area (Å²) in [6.07, 6.45) is 2.96. The Morgan fingerprint density at radius 1 is 0.605 bits per heavy atom. The first kappa shape index (κ1) is 26.5. The zero-order chi connectivity index (χ0) is 26.4. The van der Waals surface area contributed by atoms with Crippen molar-refractivity contribution in [3.05, 3.63) is 120 Å². The van der Waals surface area contributed by atoms with Crippen molar-refractivity contribution in [2.45, 2.75) is 25.7 Å². The van der Waals surface area contributed by atoms with Crippen LogP contribution in [0, 0.1) is 0 Å². The number of anilines is 3. The van der Waals surface area contributed by atoms with Gasteiger partial charge in [-0.05, 0) is 66.8 Å². The monoisotopic (exact) mass is 507 g/mol. The molecular formula is C32H33N3O3. The van der Waals surface area contributed by atoms with Gasteiger partial charge in [0.15, 0.2) is 0 Å². The molecule has 0 unspecified atom stereocenters. The van der Waals surface area contributed by atoms with Gasteiger partial charge in [-0.15, -0.1) is 0 Å². The molecule has 0 heterocycles. The summed E-state index contributed by atoms with van der Waals surface area (Å²) in [7, 11) is 0. The third-order valence-electron chi connectivity index (χ3n) is 5.97.